The van der Waals surface area contributed by atoms with Gasteiger partial charge in [0.05, 0.1) is 13.2 Å². The molecule has 0 N–H and O–H groups in total. The van der Waals surface area contributed by atoms with Crippen LogP contribution in [-0.4, -0.2) is 37.4 Å². The first-order valence-corrected chi connectivity index (χ1v) is 5.47. The molecule has 2 bridgehead atoms. The minimum absolute atomic E-state index is 0.210. The number of carbonyl (C=O) groups is 2. The molecule has 0 saturated carbocycles. The van der Waals surface area contributed by atoms with Gasteiger partial charge in [-0.1, -0.05) is 0 Å². The van der Waals surface area contributed by atoms with Gasteiger partial charge in [-0.05, 0) is 19.8 Å². The average Bonchev–Trinajstić information content (AvgIpc) is 2.90. The monoisotopic (exact) mass is 226 g/mol. The third-order valence-corrected chi connectivity index (χ3v) is 4.32. The van der Waals surface area contributed by atoms with Crippen LogP contribution in [-0.2, 0) is 23.8 Å². The summed E-state index contributed by atoms with van der Waals surface area (Å²) in [4.78, 5) is 23.7. The Hall–Kier alpha value is -1.10. The van der Waals surface area contributed by atoms with Crippen molar-refractivity contribution in [3.63, 3.8) is 0 Å². The van der Waals surface area contributed by atoms with Gasteiger partial charge in [0.2, 0.25) is 0 Å². The van der Waals surface area contributed by atoms with E-state index >= 15 is 0 Å². The van der Waals surface area contributed by atoms with E-state index in [1.807, 2.05) is 0 Å². The Balaban J connectivity index is 2.08. The molecule has 16 heavy (non-hydrogen) atoms. The van der Waals surface area contributed by atoms with Crippen molar-refractivity contribution in [1.82, 2.24) is 0 Å². The van der Waals surface area contributed by atoms with Crippen LogP contribution in [0.25, 0.3) is 0 Å². The minimum Gasteiger partial charge on any atom is -0.469 e. The van der Waals surface area contributed by atoms with E-state index < -0.39 is 16.9 Å². The van der Waals surface area contributed by atoms with Gasteiger partial charge < -0.3 is 14.2 Å². The van der Waals surface area contributed by atoms with Gasteiger partial charge in [0.1, 0.15) is 23.5 Å². The average molecular weight is 226 g/mol. The molecule has 0 aromatic rings. The molecule has 3 heterocycles. The predicted octanol–water partition coefficient (Wildman–Crippen LogP) is 0.270. The molecule has 3 fully saturated rings. The Labute approximate surface area is 93.0 Å². The van der Waals surface area contributed by atoms with Gasteiger partial charge in [0.15, 0.2) is 0 Å². The first kappa shape index (κ1) is 10.1. The highest BCUT2D eigenvalue weighted by molar-refractivity contribution is 5.89. The van der Waals surface area contributed by atoms with Crippen LogP contribution in [0.15, 0.2) is 0 Å². The Morgan fingerprint density at radius 2 is 2.31 bits per heavy atom. The summed E-state index contributed by atoms with van der Waals surface area (Å²) in [6, 6.07) is 0. The van der Waals surface area contributed by atoms with Crippen LogP contribution in [0.4, 0.5) is 0 Å². The van der Waals surface area contributed by atoms with Crippen LogP contribution in [0.2, 0.25) is 0 Å². The number of esters is 2. The summed E-state index contributed by atoms with van der Waals surface area (Å²) in [5.74, 6) is -1.19. The fraction of sp³-hybridized carbons (Fsp3) is 0.818. The van der Waals surface area contributed by atoms with E-state index in [-0.39, 0.29) is 24.6 Å². The predicted molar refractivity (Wildman–Crippen MR) is 51.4 cm³/mol. The topological polar surface area (TPSA) is 61.8 Å². The van der Waals surface area contributed by atoms with Crippen molar-refractivity contribution in [2.45, 2.75) is 31.5 Å². The zero-order valence-electron chi connectivity index (χ0n) is 9.32. The second-order valence-corrected chi connectivity index (χ2v) is 5.02. The summed E-state index contributed by atoms with van der Waals surface area (Å²) in [5, 5.41) is 0. The maximum absolute atomic E-state index is 11.9. The number of carbonyl (C=O) groups excluding carboxylic acids is 2. The van der Waals surface area contributed by atoms with Crippen molar-refractivity contribution in [1.29, 1.82) is 0 Å². The molecule has 0 unspecified atom stereocenters. The van der Waals surface area contributed by atoms with Crippen LogP contribution in [0, 0.1) is 11.3 Å². The van der Waals surface area contributed by atoms with Gasteiger partial charge >= 0.3 is 11.9 Å². The van der Waals surface area contributed by atoms with Crippen molar-refractivity contribution in [2.75, 3.05) is 13.7 Å². The van der Waals surface area contributed by atoms with E-state index in [0.29, 0.717) is 0 Å². The van der Waals surface area contributed by atoms with E-state index in [4.69, 9.17) is 14.2 Å². The Bertz CT molecular complexity index is 379. The number of rotatable bonds is 1. The zero-order valence-corrected chi connectivity index (χ0v) is 9.32. The molecule has 0 radical (unpaired) electrons. The van der Waals surface area contributed by atoms with Crippen molar-refractivity contribution in [2.24, 2.45) is 11.3 Å². The van der Waals surface area contributed by atoms with E-state index in [9.17, 15) is 9.59 Å². The molecule has 1 spiro atoms. The summed E-state index contributed by atoms with van der Waals surface area (Å²) >= 11 is 0. The van der Waals surface area contributed by atoms with Crippen molar-refractivity contribution < 1.29 is 23.8 Å². The molecule has 3 aliphatic rings. The summed E-state index contributed by atoms with van der Waals surface area (Å²) in [6.45, 7) is 2.03. The van der Waals surface area contributed by atoms with Crippen LogP contribution in [0.5, 0.6) is 0 Å². The normalized spacial score (nSPS) is 49.0. The largest absolute Gasteiger partial charge is 0.469 e. The summed E-state index contributed by atoms with van der Waals surface area (Å²) in [7, 11) is 1.34. The molecule has 0 aliphatic carbocycles. The minimum atomic E-state index is -0.874. The zero-order chi connectivity index (χ0) is 11.6. The number of ether oxygens (including phenoxy) is 3. The first-order chi connectivity index (χ1) is 7.54. The molecular formula is C11H14O5. The molecule has 4 atom stereocenters. The molecular weight excluding hydrogens is 212 g/mol. The van der Waals surface area contributed by atoms with Crippen molar-refractivity contribution in [3.05, 3.63) is 0 Å². The number of hydrogen-bond acceptors (Lipinski definition) is 5. The highest BCUT2D eigenvalue weighted by Crippen LogP contribution is 2.61. The molecule has 5 heteroatoms. The van der Waals surface area contributed by atoms with Crippen LogP contribution < -0.4 is 0 Å². The molecule has 3 rings (SSSR count). The molecule has 88 valence electrons. The van der Waals surface area contributed by atoms with Gasteiger partial charge in [-0.3, -0.25) is 9.59 Å². The fourth-order valence-electron chi connectivity index (χ4n) is 3.54. The second-order valence-electron chi connectivity index (χ2n) is 5.02. The van der Waals surface area contributed by atoms with Gasteiger partial charge in [-0.15, -0.1) is 0 Å². The van der Waals surface area contributed by atoms with Gasteiger partial charge in [-0.2, -0.15) is 0 Å². The summed E-state index contributed by atoms with van der Waals surface area (Å²) in [6.07, 6.45) is 1.37. The number of methoxy groups -OCH3 is 1. The fourth-order valence-corrected chi connectivity index (χ4v) is 3.54. The van der Waals surface area contributed by atoms with Gasteiger partial charge in [0, 0.05) is 0 Å². The van der Waals surface area contributed by atoms with E-state index in [1.54, 1.807) is 6.92 Å². The summed E-state index contributed by atoms with van der Waals surface area (Å²) < 4.78 is 15.7. The van der Waals surface area contributed by atoms with Gasteiger partial charge in [-0.25, -0.2) is 0 Å². The lowest BCUT2D eigenvalue weighted by molar-refractivity contribution is -0.164. The van der Waals surface area contributed by atoms with E-state index in [2.05, 4.69) is 0 Å². The number of hydrogen-bond donors (Lipinski definition) is 0. The Morgan fingerprint density at radius 1 is 1.56 bits per heavy atom. The van der Waals surface area contributed by atoms with Crippen LogP contribution >= 0.6 is 0 Å². The standard InChI is InChI=1S/C11H14O5/c1-10(9(13)14-2)6-3-4-11(16-6)5-15-8(12)7(10)11/h6-7H,3-5H2,1-2H3/t6-,7-,10+,11-/m1/s1. The van der Waals surface area contributed by atoms with E-state index in [1.165, 1.54) is 7.11 Å². The second kappa shape index (κ2) is 2.77. The van der Waals surface area contributed by atoms with Gasteiger partial charge in [0.25, 0.3) is 0 Å². The van der Waals surface area contributed by atoms with Crippen LogP contribution in [0.1, 0.15) is 19.8 Å². The molecule has 3 saturated heterocycles. The van der Waals surface area contributed by atoms with Crippen molar-refractivity contribution in [3.8, 4) is 0 Å². The lowest BCUT2D eigenvalue weighted by atomic mass is 9.63. The molecule has 0 amide bonds. The SMILES string of the molecule is COC(=O)[C@@]1(C)[C@H]2CC[C@]3(COC(=O)[C@@H]31)O2. The maximum Gasteiger partial charge on any atom is 0.315 e. The van der Waals surface area contributed by atoms with E-state index in [0.717, 1.165) is 12.8 Å². The molecule has 5 nitrogen and oxygen atoms in total. The molecule has 0 aromatic heterocycles. The van der Waals surface area contributed by atoms with Crippen molar-refractivity contribution >= 4 is 11.9 Å². The first-order valence-electron chi connectivity index (χ1n) is 5.47. The third kappa shape index (κ3) is 0.867. The highest BCUT2D eigenvalue weighted by Gasteiger charge is 2.74. The smallest absolute Gasteiger partial charge is 0.315 e. The number of cyclic esters (lactones) is 1. The quantitative estimate of drug-likeness (QED) is 0.600. The lowest BCUT2D eigenvalue weighted by Crippen LogP contribution is -2.49. The Kier molecular flexibility index (Phi) is 1.74. The molecule has 0 aromatic carbocycles. The lowest BCUT2D eigenvalue weighted by Gasteiger charge is -2.33. The Morgan fingerprint density at radius 3 is 3.00 bits per heavy atom. The third-order valence-electron chi connectivity index (χ3n) is 4.32. The van der Waals surface area contributed by atoms with Crippen LogP contribution in [0.3, 0.4) is 0 Å². The highest BCUT2D eigenvalue weighted by atomic mass is 16.6. The molecule has 3 aliphatic heterocycles. The summed E-state index contributed by atoms with van der Waals surface area (Å²) in [5.41, 5.74) is -1.44. The maximum atomic E-state index is 11.9. The number of fused-ring (bicyclic) bond motifs is 1.